The van der Waals surface area contributed by atoms with Gasteiger partial charge >= 0.3 is 0 Å². The maximum atomic E-state index is 3.69. The Labute approximate surface area is 83.3 Å². The number of hydrogen-bond donors (Lipinski definition) is 1. The largest absolute Gasteiger partial charge is 0.314 e. The summed E-state index contributed by atoms with van der Waals surface area (Å²) in [5, 5.41) is 3.69. The molecule has 0 aliphatic heterocycles. The van der Waals surface area contributed by atoms with E-state index in [1.54, 1.807) is 0 Å². The lowest BCUT2D eigenvalue weighted by molar-refractivity contribution is 0.336. The van der Waals surface area contributed by atoms with Crippen LogP contribution in [0, 0.1) is 11.8 Å². The lowest BCUT2D eigenvalue weighted by Gasteiger charge is -2.24. The van der Waals surface area contributed by atoms with Crippen LogP contribution >= 0.6 is 0 Å². The summed E-state index contributed by atoms with van der Waals surface area (Å²) in [5.74, 6) is 1.91. The van der Waals surface area contributed by atoms with E-state index in [1.165, 1.54) is 38.6 Å². The third kappa shape index (κ3) is 4.12. The molecule has 78 valence electrons. The van der Waals surface area contributed by atoms with Crippen molar-refractivity contribution in [3.05, 3.63) is 0 Å². The first-order valence-corrected chi connectivity index (χ1v) is 6.01. The first kappa shape index (κ1) is 11.0. The summed E-state index contributed by atoms with van der Waals surface area (Å²) in [6, 6.07) is 0.789. The molecule has 1 aliphatic carbocycles. The Morgan fingerprint density at radius 2 is 2.00 bits per heavy atom. The van der Waals surface area contributed by atoms with Crippen LogP contribution in [-0.2, 0) is 0 Å². The Bertz CT molecular complexity index is 129. The van der Waals surface area contributed by atoms with Crippen LogP contribution in [0.3, 0.4) is 0 Å². The zero-order valence-electron chi connectivity index (χ0n) is 9.47. The molecular weight excluding hydrogens is 158 g/mol. The molecule has 0 amide bonds. The molecule has 0 saturated heterocycles. The Hall–Kier alpha value is -0.0400. The smallest absolute Gasteiger partial charge is 0.00952 e. The van der Waals surface area contributed by atoms with E-state index in [9.17, 15) is 0 Å². The molecule has 1 saturated carbocycles. The quantitative estimate of drug-likeness (QED) is 0.639. The molecule has 1 nitrogen and oxygen atoms in total. The Kier molecular flexibility index (Phi) is 4.79. The van der Waals surface area contributed by atoms with Gasteiger partial charge in [0, 0.05) is 6.04 Å². The molecule has 1 rings (SSSR count). The zero-order chi connectivity index (χ0) is 9.68. The van der Waals surface area contributed by atoms with Crippen molar-refractivity contribution >= 4 is 0 Å². The van der Waals surface area contributed by atoms with Crippen molar-refractivity contribution in [1.82, 2.24) is 5.32 Å². The molecule has 0 radical (unpaired) electrons. The zero-order valence-corrected chi connectivity index (χ0v) is 9.47. The van der Waals surface area contributed by atoms with Gasteiger partial charge in [0.25, 0.3) is 0 Å². The molecule has 0 spiro atoms. The third-order valence-electron chi connectivity index (χ3n) is 3.27. The first-order chi connectivity index (χ1) is 6.27. The van der Waals surface area contributed by atoms with E-state index >= 15 is 0 Å². The van der Waals surface area contributed by atoms with E-state index in [1.807, 2.05) is 0 Å². The van der Waals surface area contributed by atoms with Crippen molar-refractivity contribution in [2.75, 3.05) is 6.54 Å². The second-order valence-corrected chi connectivity index (χ2v) is 4.63. The van der Waals surface area contributed by atoms with Crippen LogP contribution in [0.4, 0.5) is 0 Å². The minimum atomic E-state index is 0.789. The highest BCUT2D eigenvalue weighted by Crippen LogP contribution is 2.35. The van der Waals surface area contributed by atoms with Gasteiger partial charge in [-0.2, -0.15) is 0 Å². The van der Waals surface area contributed by atoms with E-state index < -0.39 is 0 Å². The lowest BCUT2D eigenvalue weighted by Crippen LogP contribution is -2.35. The van der Waals surface area contributed by atoms with Gasteiger partial charge in [-0.1, -0.05) is 40.0 Å². The van der Waals surface area contributed by atoms with E-state index in [0.29, 0.717) is 0 Å². The highest BCUT2D eigenvalue weighted by molar-refractivity contribution is 4.82. The lowest BCUT2D eigenvalue weighted by atomic mass is 9.94. The molecule has 1 fully saturated rings. The molecule has 1 heteroatoms. The van der Waals surface area contributed by atoms with Gasteiger partial charge in [-0.3, -0.25) is 0 Å². The topological polar surface area (TPSA) is 12.0 Å². The highest BCUT2D eigenvalue weighted by Gasteiger charge is 2.27. The second kappa shape index (κ2) is 5.64. The molecule has 13 heavy (non-hydrogen) atoms. The van der Waals surface area contributed by atoms with Crippen LogP contribution in [-0.4, -0.2) is 12.6 Å². The minimum absolute atomic E-state index is 0.789. The fraction of sp³-hybridized carbons (Fsp3) is 1.00. The number of nitrogens with one attached hydrogen (secondary N) is 1. The number of hydrogen-bond acceptors (Lipinski definition) is 1. The normalized spacial score (nSPS) is 21.5. The van der Waals surface area contributed by atoms with E-state index in [4.69, 9.17) is 0 Å². The van der Waals surface area contributed by atoms with Crippen molar-refractivity contribution in [3.63, 3.8) is 0 Å². The molecule has 0 heterocycles. The van der Waals surface area contributed by atoms with E-state index in [2.05, 4.69) is 26.1 Å². The molecule has 0 aromatic carbocycles. The summed E-state index contributed by atoms with van der Waals surface area (Å²) >= 11 is 0. The summed E-state index contributed by atoms with van der Waals surface area (Å²) in [5.41, 5.74) is 0. The SMILES string of the molecule is CCCNC(CC1CC1)C(C)CC. The molecular formula is C12H25N. The summed E-state index contributed by atoms with van der Waals surface area (Å²) in [4.78, 5) is 0. The van der Waals surface area contributed by atoms with Gasteiger partial charge < -0.3 is 5.32 Å². The Morgan fingerprint density at radius 3 is 2.46 bits per heavy atom. The van der Waals surface area contributed by atoms with Gasteiger partial charge in [-0.05, 0) is 31.2 Å². The molecule has 2 unspecified atom stereocenters. The highest BCUT2D eigenvalue weighted by atomic mass is 14.9. The van der Waals surface area contributed by atoms with Crippen molar-refractivity contribution in [2.24, 2.45) is 11.8 Å². The monoisotopic (exact) mass is 183 g/mol. The summed E-state index contributed by atoms with van der Waals surface area (Å²) in [7, 11) is 0. The van der Waals surface area contributed by atoms with Crippen molar-refractivity contribution < 1.29 is 0 Å². The van der Waals surface area contributed by atoms with Crippen molar-refractivity contribution in [2.45, 2.75) is 58.9 Å². The standard InChI is InChI=1S/C12H25N/c1-4-8-13-12(10(3)5-2)9-11-6-7-11/h10-13H,4-9H2,1-3H3. The maximum Gasteiger partial charge on any atom is 0.00952 e. The Balaban J connectivity index is 2.23. The van der Waals surface area contributed by atoms with Crippen LogP contribution < -0.4 is 5.32 Å². The fourth-order valence-corrected chi connectivity index (χ4v) is 1.84. The Morgan fingerprint density at radius 1 is 1.31 bits per heavy atom. The predicted octanol–water partition coefficient (Wildman–Crippen LogP) is 3.20. The van der Waals surface area contributed by atoms with Gasteiger partial charge in [-0.15, -0.1) is 0 Å². The molecule has 0 aromatic heterocycles. The van der Waals surface area contributed by atoms with E-state index in [-0.39, 0.29) is 0 Å². The molecule has 0 aromatic rings. The second-order valence-electron chi connectivity index (χ2n) is 4.63. The van der Waals surface area contributed by atoms with Crippen LogP contribution in [0.1, 0.15) is 52.9 Å². The van der Waals surface area contributed by atoms with Gasteiger partial charge in [0.1, 0.15) is 0 Å². The molecule has 1 N–H and O–H groups in total. The van der Waals surface area contributed by atoms with Gasteiger partial charge in [0.15, 0.2) is 0 Å². The van der Waals surface area contributed by atoms with Crippen LogP contribution in [0.2, 0.25) is 0 Å². The average Bonchev–Trinajstić information content (AvgIpc) is 2.94. The average molecular weight is 183 g/mol. The fourth-order valence-electron chi connectivity index (χ4n) is 1.84. The van der Waals surface area contributed by atoms with Crippen LogP contribution in [0.15, 0.2) is 0 Å². The molecule has 0 bridgehead atoms. The summed E-state index contributed by atoms with van der Waals surface area (Å²) in [6.45, 7) is 8.13. The van der Waals surface area contributed by atoms with Crippen LogP contribution in [0.25, 0.3) is 0 Å². The minimum Gasteiger partial charge on any atom is -0.314 e. The van der Waals surface area contributed by atoms with E-state index in [0.717, 1.165) is 17.9 Å². The first-order valence-electron chi connectivity index (χ1n) is 6.01. The van der Waals surface area contributed by atoms with Crippen LogP contribution in [0.5, 0.6) is 0 Å². The van der Waals surface area contributed by atoms with Gasteiger partial charge in [-0.25, -0.2) is 0 Å². The third-order valence-corrected chi connectivity index (χ3v) is 3.27. The molecule has 2 atom stereocenters. The summed E-state index contributed by atoms with van der Waals surface area (Å²) < 4.78 is 0. The van der Waals surface area contributed by atoms with Gasteiger partial charge in [0.05, 0.1) is 0 Å². The van der Waals surface area contributed by atoms with Crippen molar-refractivity contribution in [1.29, 1.82) is 0 Å². The van der Waals surface area contributed by atoms with Gasteiger partial charge in [0.2, 0.25) is 0 Å². The number of rotatable bonds is 7. The maximum absolute atomic E-state index is 3.69. The molecule has 1 aliphatic rings. The predicted molar refractivity (Wildman–Crippen MR) is 58.9 cm³/mol. The summed E-state index contributed by atoms with van der Waals surface area (Å²) in [6.07, 6.45) is 6.97. The van der Waals surface area contributed by atoms with Crippen molar-refractivity contribution in [3.8, 4) is 0 Å².